The molecular formula is C23H27N5O2. The summed E-state index contributed by atoms with van der Waals surface area (Å²) in [5.41, 5.74) is 1.15. The molecule has 0 saturated heterocycles. The number of fused-ring (bicyclic) bond motifs is 4. The lowest BCUT2D eigenvalue weighted by atomic mass is 9.88. The van der Waals surface area contributed by atoms with Crippen LogP contribution in [-0.2, 0) is 12.0 Å². The summed E-state index contributed by atoms with van der Waals surface area (Å²) in [4.78, 5) is 31.2. The third-order valence-electron chi connectivity index (χ3n) is 6.98. The van der Waals surface area contributed by atoms with Crippen LogP contribution in [0.2, 0.25) is 0 Å². The van der Waals surface area contributed by atoms with Gasteiger partial charge in [-0.1, -0.05) is 6.42 Å². The number of nitrogens with zero attached hydrogens (tertiary/aromatic N) is 2. The van der Waals surface area contributed by atoms with Gasteiger partial charge in [0.25, 0.3) is 11.5 Å². The third kappa shape index (κ3) is 2.60. The Balaban J connectivity index is 1.51. The molecule has 0 bridgehead atoms. The first-order valence-corrected chi connectivity index (χ1v) is 11.0. The molecule has 4 heterocycles. The summed E-state index contributed by atoms with van der Waals surface area (Å²) in [5.74, 6) is 1.06. The number of carbonyl (C=O) groups excluding carboxylic acids is 1. The Morgan fingerprint density at radius 3 is 2.87 bits per heavy atom. The van der Waals surface area contributed by atoms with Crippen LogP contribution in [0.3, 0.4) is 0 Å². The SMILES string of the molecule is [2H]C1([2H])c2cnc(NCC3CC3)cc2Nc2c1c(C)c1n(c2=O)C2(CCCCC2)NC1=O. The number of anilines is 3. The molecule has 2 fully saturated rings. The second kappa shape index (κ2) is 6.33. The van der Waals surface area contributed by atoms with E-state index in [1.165, 1.54) is 19.0 Å². The molecule has 2 aromatic heterocycles. The smallest absolute Gasteiger partial charge is 0.277 e. The molecule has 3 N–H and O–H groups in total. The molecule has 6 rings (SSSR count). The first-order chi connectivity index (χ1) is 15.3. The number of nitrogens with one attached hydrogen (secondary N) is 3. The van der Waals surface area contributed by atoms with E-state index < -0.39 is 12.0 Å². The summed E-state index contributed by atoms with van der Waals surface area (Å²) < 4.78 is 19.5. The summed E-state index contributed by atoms with van der Waals surface area (Å²) in [6.45, 7) is 2.59. The van der Waals surface area contributed by atoms with Gasteiger partial charge in [-0.15, -0.1) is 0 Å². The molecular weight excluding hydrogens is 378 g/mol. The van der Waals surface area contributed by atoms with E-state index in [0.717, 1.165) is 25.8 Å². The Kier molecular flexibility index (Phi) is 3.36. The fourth-order valence-corrected chi connectivity index (χ4v) is 5.15. The number of rotatable bonds is 3. The van der Waals surface area contributed by atoms with Gasteiger partial charge in [-0.05, 0) is 68.1 Å². The highest BCUT2D eigenvalue weighted by Crippen LogP contribution is 2.41. The Hall–Kier alpha value is -2.83. The predicted molar refractivity (Wildman–Crippen MR) is 116 cm³/mol. The van der Waals surface area contributed by atoms with Crippen molar-refractivity contribution in [3.05, 3.63) is 45.0 Å². The Labute approximate surface area is 178 Å². The quantitative estimate of drug-likeness (QED) is 0.726. The minimum Gasteiger partial charge on any atom is -0.370 e. The summed E-state index contributed by atoms with van der Waals surface area (Å²) in [5, 5.41) is 9.62. The van der Waals surface area contributed by atoms with Crippen LogP contribution in [0.4, 0.5) is 17.2 Å². The summed E-state index contributed by atoms with van der Waals surface area (Å²) in [6.07, 6.45) is 6.45. The van der Waals surface area contributed by atoms with Gasteiger partial charge in [0.2, 0.25) is 0 Å². The topological polar surface area (TPSA) is 88.1 Å². The monoisotopic (exact) mass is 407 g/mol. The van der Waals surface area contributed by atoms with Crippen molar-refractivity contribution in [2.75, 3.05) is 17.2 Å². The molecule has 2 saturated carbocycles. The fourth-order valence-electron chi connectivity index (χ4n) is 5.15. The molecule has 2 aliphatic heterocycles. The highest BCUT2D eigenvalue weighted by atomic mass is 16.2. The molecule has 7 heteroatoms. The molecule has 7 nitrogen and oxygen atoms in total. The van der Waals surface area contributed by atoms with Gasteiger partial charge in [0.1, 0.15) is 22.9 Å². The van der Waals surface area contributed by atoms with E-state index >= 15 is 0 Å². The largest absolute Gasteiger partial charge is 0.370 e. The van der Waals surface area contributed by atoms with Crippen molar-refractivity contribution >= 4 is 23.1 Å². The van der Waals surface area contributed by atoms with Crippen LogP contribution in [0.15, 0.2) is 17.1 Å². The van der Waals surface area contributed by atoms with Crippen LogP contribution in [0.5, 0.6) is 0 Å². The van der Waals surface area contributed by atoms with Gasteiger partial charge in [-0.25, -0.2) is 4.98 Å². The van der Waals surface area contributed by atoms with Crippen LogP contribution >= 0.6 is 0 Å². The van der Waals surface area contributed by atoms with Crippen molar-refractivity contribution in [2.24, 2.45) is 5.92 Å². The lowest BCUT2D eigenvalue weighted by Crippen LogP contribution is -2.49. The molecule has 1 spiro atoms. The molecule has 0 atom stereocenters. The summed E-state index contributed by atoms with van der Waals surface area (Å²) in [7, 11) is 0. The molecule has 2 aliphatic carbocycles. The molecule has 1 amide bonds. The Morgan fingerprint density at radius 1 is 1.30 bits per heavy atom. The minimum atomic E-state index is -1.95. The van der Waals surface area contributed by atoms with E-state index in [2.05, 4.69) is 20.9 Å². The number of pyridine rings is 2. The number of aromatic nitrogens is 2. The lowest BCUT2D eigenvalue weighted by Gasteiger charge is -2.36. The number of carbonyl (C=O) groups is 1. The summed E-state index contributed by atoms with van der Waals surface area (Å²) in [6, 6.07) is 1.78. The van der Waals surface area contributed by atoms with Gasteiger partial charge < -0.3 is 16.0 Å². The average Bonchev–Trinajstić information content (AvgIpc) is 3.54. The highest BCUT2D eigenvalue weighted by Gasteiger charge is 2.46. The molecule has 156 valence electrons. The molecule has 2 aromatic rings. The van der Waals surface area contributed by atoms with Gasteiger partial charge in [0.15, 0.2) is 0 Å². The van der Waals surface area contributed by atoms with Crippen molar-refractivity contribution in [1.82, 2.24) is 14.9 Å². The van der Waals surface area contributed by atoms with Crippen molar-refractivity contribution in [2.45, 2.75) is 63.9 Å². The van der Waals surface area contributed by atoms with E-state index in [0.29, 0.717) is 47.1 Å². The van der Waals surface area contributed by atoms with E-state index in [1.807, 2.05) is 0 Å². The van der Waals surface area contributed by atoms with Crippen molar-refractivity contribution in [3.8, 4) is 0 Å². The van der Waals surface area contributed by atoms with E-state index in [1.54, 1.807) is 17.6 Å². The second-order valence-corrected chi connectivity index (χ2v) is 9.10. The van der Waals surface area contributed by atoms with Crippen LogP contribution in [0, 0.1) is 12.8 Å². The number of amides is 1. The molecule has 0 unspecified atom stereocenters. The highest BCUT2D eigenvalue weighted by molar-refractivity contribution is 5.98. The Bertz CT molecular complexity index is 1210. The summed E-state index contributed by atoms with van der Waals surface area (Å²) >= 11 is 0. The normalized spacial score (nSPS) is 23.4. The van der Waals surface area contributed by atoms with Gasteiger partial charge in [-0.3, -0.25) is 14.2 Å². The molecule has 0 aromatic carbocycles. The zero-order chi connectivity index (χ0) is 22.3. The minimum absolute atomic E-state index is 0.226. The predicted octanol–water partition coefficient (Wildman–Crippen LogP) is 3.38. The first kappa shape index (κ1) is 15.9. The number of hydrogen-bond donors (Lipinski definition) is 3. The van der Waals surface area contributed by atoms with E-state index in [-0.39, 0.29) is 22.7 Å². The van der Waals surface area contributed by atoms with E-state index in [4.69, 9.17) is 2.74 Å². The van der Waals surface area contributed by atoms with Crippen LogP contribution in [0.25, 0.3) is 0 Å². The third-order valence-corrected chi connectivity index (χ3v) is 6.98. The zero-order valence-corrected chi connectivity index (χ0v) is 17.1. The Morgan fingerprint density at radius 2 is 2.10 bits per heavy atom. The number of hydrogen-bond acceptors (Lipinski definition) is 5. The van der Waals surface area contributed by atoms with Crippen LogP contribution in [0.1, 0.15) is 74.9 Å². The maximum atomic E-state index is 13.8. The van der Waals surface area contributed by atoms with Gasteiger partial charge >= 0.3 is 0 Å². The molecule has 4 aliphatic rings. The van der Waals surface area contributed by atoms with Crippen LogP contribution < -0.4 is 21.5 Å². The lowest BCUT2D eigenvalue weighted by molar-refractivity contribution is 0.0876. The van der Waals surface area contributed by atoms with Gasteiger partial charge in [-0.2, -0.15) is 0 Å². The van der Waals surface area contributed by atoms with Crippen molar-refractivity contribution < 1.29 is 7.54 Å². The van der Waals surface area contributed by atoms with Crippen molar-refractivity contribution in [1.29, 1.82) is 0 Å². The molecule has 30 heavy (non-hydrogen) atoms. The fraction of sp³-hybridized carbons (Fsp3) is 0.522. The standard InChI is InChI=1S/C23H27N5O2/c1-13-16-9-15-12-25-18(24-11-14-5-6-14)10-17(15)26-19(16)22(30)28-20(13)21(29)27-23(28)7-3-2-4-8-23/h10,12,14,26H,2-9,11H2,1H3,(H,24,25)(H,27,29)/i9D2. The zero-order valence-electron chi connectivity index (χ0n) is 19.1. The van der Waals surface area contributed by atoms with Gasteiger partial charge in [0.05, 0.1) is 0 Å². The molecule has 0 radical (unpaired) electrons. The maximum Gasteiger partial charge on any atom is 0.277 e. The first-order valence-electron chi connectivity index (χ1n) is 12.0. The van der Waals surface area contributed by atoms with Gasteiger partial charge in [0, 0.05) is 33.6 Å². The van der Waals surface area contributed by atoms with Crippen LogP contribution in [-0.4, -0.2) is 22.0 Å². The second-order valence-electron chi connectivity index (χ2n) is 9.10. The van der Waals surface area contributed by atoms with Crippen molar-refractivity contribution in [3.63, 3.8) is 0 Å². The maximum absolute atomic E-state index is 13.8. The van der Waals surface area contributed by atoms with E-state index in [9.17, 15) is 9.59 Å². The average molecular weight is 408 g/mol.